The lowest BCUT2D eigenvalue weighted by molar-refractivity contribution is -0.111. The molecule has 0 fully saturated rings. The molecule has 0 aromatic heterocycles. The molecule has 2 nitrogen and oxygen atoms in total. The third-order valence-electron chi connectivity index (χ3n) is 3.64. The maximum atomic E-state index is 13.0. The van der Waals surface area contributed by atoms with Crippen LogP contribution in [-0.4, -0.2) is 5.91 Å². The van der Waals surface area contributed by atoms with Crippen LogP contribution in [0.4, 0.5) is 10.1 Å². The Morgan fingerprint density at radius 3 is 2.20 bits per heavy atom. The highest BCUT2D eigenvalue weighted by Crippen LogP contribution is 2.24. The molecule has 124 valence electrons. The van der Waals surface area contributed by atoms with Crippen molar-refractivity contribution in [1.29, 1.82) is 0 Å². The first-order valence-corrected chi connectivity index (χ1v) is 8.10. The first kappa shape index (κ1) is 16.9. The molecule has 0 radical (unpaired) electrons. The fourth-order valence-corrected chi connectivity index (χ4v) is 2.57. The minimum absolute atomic E-state index is 0.294. The molecular weight excluding hydrogens is 337 g/mol. The Morgan fingerprint density at radius 1 is 0.880 bits per heavy atom. The van der Waals surface area contributed by atoms with Crippen LogP contribution in [0.1, 0.15) is 11.1 Å². The summed E-state index contributed by atoms with van der Waals surface area (Å²) in [5, 5.41) is 3.35. The van der Waals surface area contributed by atoms with Crippen LogP contribution in [-0.2, 0) is 4.79 Å². The Hall–Kier alpha value is -2.91. The van der Waals surface area contributed by atoms with Gasteiger partial charge in [-0.3, -0.25) is 4.79 Å². The summed E-state index contributed by atoms with van der Waals surface area (Å²) >= 11 is 6.22. The van der Waals surface area contributed by atoms with Crippen molar-refractivity contribution in [2.45, 2.75) is 0 Å². The summed E-state index contributed by atoms with van der Waals surface area (Å²) in [5.74, 6) is -0.648. The van der Waals surface area contributed by atoms with Gasteiger partial charge in [0, 0.05) is 16.3 Å². The number of carbonyl (C=O) groups excluding carboxylic acids is 1. The van der Waals surface area contributed by atoms with Crippen LogP contribution in [0.15, 0.2) is 78.9 Å². The van der Waals surface area contributed by atoms with Crippen LogP contribution < -0.4 is 5.32 Å². The van der Waals surface area contributed by atoms with Crippen molar-refractivity contribution in [2.75, 3.05) is 5.32 Å². The number of amides is 1. The van der Waals surface area contributed by atoms with Gasteiger partial charge in [-0.1, -0.05) is 60.1 Å². The molecule has 0 aliphatic heterocycles. The second kappa shape index (κ2) is 7.77. The van der Waals surface area contributed by atoms with Crippen LogP contribution in [0.3, 0.4) is 0 Å². The molecule has 0 unspecified atom stereocenters. The number of halogens is 2. The second-order valence-corrected chi connectivity index (χ2v) is 5.81. The van der Waals surface area contributed by atoms with E-state index >= 15 is 0 Å². The molecule has 1 amide bonds. The third kappa shape index (κ3) is 4.34. The first-order chi connectivity index (χ1) is 12.1. The van der Waals surface area contributed by atoms with Crippen molar-refractivity contribution >= 4 is 34.8 Å². The zero-order valence-corrected chi connectivity index (χ0v) is 14.0. The van der Waals surface area contributed by atoms with Crippen molar-refractivity contribution in [1.82, 2.24) is 0 Å². The van der Waals surface area contributed by atoms with Crippen LogP contribution >= 0.6 is 11.6 Å². The monoisotopic (exact) mass is 351 g/mol. The Bertz CT molecular complexity index is 905. The van der Waals surface area contributed by atoms with Crippen LogP contribution in [0.25, 0.3) is 11.6 Å². The van der Waals surface area contributed by atoms with E-state index in [2.05, 4.69) is 5.32 Å². The fraction of sp³-hybridized carbons (Fsp3) is 0. The van der Waals surface area contributed by atoms with E-state index in [0.717, 1.165) is 11.1 Å². The van der Waals surface area contributed by atoms with Crippen molar-refractivity contribution in [2.24, 2.45) is 0 Å². The van der Waals surface area contributed by atoms with Gasteiger partial charge in [-0.25, -0.2) is 4.39 Å². The first-order valence-electron chi connectivity index (χ1n) is 7.72. The topological polar surface area (TPSA) is 29.1 Å². The molecule has 3 aromatic rings. The summed E-state index contributed by atoms with van der Waals surface area (Å²) in [6, 6.07) is 22.3. The summed E-state index contributed by atoms with van der Waals surface area (Å²) < 4.78 is 13.0. The van der Waals surface area contributed by atoms with Crippen molar-refractivity contribution in [3.05, 3.63) is 101 Å². The summed E-state index contributed by atoms with van der Waals surface area (Å²) in [5.41, 5.74) is 2.50. The number of anilines is 1. The maximum Gasteiger partial charge on any atom is 0.256 e. The third-order valence-corrected chi connectivity index (χ3v) is 3.98. The molecule has 1 N–H and O–H groups in total. The van der Waals surface area contributed by atoms with Gasteiger partial charge in [-0.2, -0.15) is 0 Å². The number of benzene rings is 3. The van der Waals surface area contributed by atoms with E-state index in [0.29, 0.717) is 16.3 Å². The number of carbonyl (C=O) groups is 1. The van der Waals surface area contributed by atoms with Gasteiger partial charge in [0.25, 0.3) is 5.91 Å². The zero-order valence-electron chi connectivity index (χ0n) is 13.2. The Morgan fingerprint density at radius 2 is 1.52 bits per heavy atom. The molecule has 0 aliphatic carbocycles. The van der Waals surface area contributed by atoms with Gasteiger partial charge < -0.3 is 5.32 Å². The summed E-state index contributed by atoms with van der Waals surface area (Å²) in [6.45, 7) is 0. The SMILES string of the molecule is O=C(Nc1ccc(F)cc1)/C(=C/c1ccccc1Cl)c1ccccc1. The Balaban J connectivity index is 1.98. The second-order valence-electron chi connectivity index (χ2n) is 5.41. The van der Waals surface area contributed by atoms with Crippen molar-refractivity contribution < 1.29 is 9.18 Å². The highest BCUT2D eigenvalue weighted by Gasteiger charge is 2.13. The van der Waals surface area contributed by atoms with Gasteiger partial charge in [-0.05, 0) is 47.5 Å². The number of nitrogens with one attached hydrogen (secondary N) is 1. The van der Waals surface area contributed by atoms with E-state index in [1.165, 1.54) is 24.3 Å². The molecule has 3 rings (SSSR count). The van der Waals surface area contributed by atoms with E-state index in [4.69, 9.17) is 11.6 Å². The molecular formula is C21H15ClFNO. The lowest BCUT2D eigenvalue weighted by Crippen LogP contribution is -2.13. The van der Waals surface area contributed by atoms with Gasteiger partial charge >= 0.3 is 0 Å². The molecule has 25 heavy (non-hydrogen) atoms. The van der Waals surface area contributed by atoms with Gasteiger partial charge in [0.15, 0.2) is 0 Å². The standard InChI is InChI=1S/C21H15ClFNO/c22-20-9-5-4-8-16(20)14-19(15-6-2-1-3-7-15)21(25)24-18-12-10-17(23)11-13-18/h1-14H,(H,24,25)/b19-14+. The maximum absolute atomic E-state index is 13.0. The zero-order chi connectivity index (χ0) is 17.6. The van der Waals surface area contributed by atoms with Crippen LogP contribution in [0, 0.1) is 5.82 Å². The van der Waals surface area contributed by atoms with Crippen LogP contribution in [0.5, 0.6) is 0 Å². The Kier molecular flexibility index (Phi) is 5.26. The lowest BCUT2D eigenvalue weighted by Gasteiger charge is -2.10. The minimum Gasteiger partial charge on any atom is -0.322 e. The van der Waals surface area contributed by atoms with Crippen molar-refractivity contribution in [3.63, 3.8) is 0 Å². The molecule has 0 atom stereocenters. The van der Waals surface area contributed by atoms with E-state index < -0.39 is 0 Å². The molecule has 3 aromatic carbocycles. The molecule has 0 bridgehead atoms. The molecule has 4 heteroatoms. The average molecular weight is 352 g/mol. The van der Waals surface area contributed by atoms with Gasteiger partial charge in [0.2, 0.25) is 0 Å². The summed E-state index contributed by atoms with van der Waals surface area (Å²) in [4.78, 5) is 12.8. The quantitative estimate of drug-likeness (QED) is 0.477. The summed E-state index contributed by atoms with van der Waals surface area (Å²) in [6.07, 6.45) is 1.75. The predicted molar refractivity (Wildman–Crippen MR) is 101 cm³/mol. The number of rotatable bonds is 4. The van der Waals surface area contributed by atoms with E-state index in [1.807, 2.05) is 48.5 Å². The predicted octanol–water partition coefficient (Wildman–Crippen LogP) is 5.66. The highest BCUT2D eigenvalue weighted by atomic mass is 35.5. The largest absolute Gasteiger partial charge is 0.322 e. The number of hydrogen-bond donors (Lipinski definition) is 1. The van der Waals surface area contributed by atoms with Crippen LogP contribution in [0.2, 0.25) is 5.02 Å². The normalized spacial score (nSPS) is 11.2. The average Bonchev–Trinajstić information content (AvgIpc) is 2.63. The molecule has 0 saturated carbocycles. The summed E-state index contributed by atoms with van der Waals surface area (Å²) in [7, 11) is 0. The molecule has 0 saturated heterocycles. The van der Waals surface area contributed by atoms with Gasteiger partial charge in [0.1, 0.15) is 5.82 Å². The lowest BCUT2D eigenvalue weighted by atomic mass is 10.0. The minimum atomic E-state index is -0.354. The van der Waals surface area contributed by atoms with Crippen molar-refractivity contribution in [3.8, 4) is 0 Å². The molecule has 0 heterocycles. The number of hydrogen-bond acceptors (Lipinski definition) is 1. The van der Waals surface area contributed by atoms with E-state index in [1.54, 1.807) is 12.1 Å². The highest BCUT2D eigenvalue weighted by molar-refractivity contribution is 6.34. The van der Waals surface area contributed by atoms with Gasteiger partial charge in [0.05, 0.1) is 0 Å². The van der Waals surface area contributed by atoms with E-state index in [-0.39, 0.29) is 11.7 Å². The molecule has 0 aliphatic rings. The van der Waals surface area contributed by atoms with Gasteiger partial charge in [-0.15, -0.1) is 0 Å². The van der Waals surface area contributed by atoms with E-state index in [9.17, 15) is 9.18 Å². The smallest absolute Gasteiger partial charge is 0.256 e. The fourth-order valence-electron chi connectivity index (χ4n) is 2.38. The Labute approximate surface area is 150 Å². The molecule has 0 spiro atoms.